The van der Waals surface area contributed by atoms with Gasteiger partial charge >= 0.3 is 0 Å². The molecular weight excluding hydrogens is 268 g/mol. The summed E-state index contributed by atoms with van der Waals surface area (Å²) in [6, 6.07) is 11.3. The highest BCUT2D eigenvalue weighted by Crippen LogP contribution is 2.30. The molecule has 2 N–H and O–H groups in total. The number of nitrogens with two attached hydrogens (primary N) is 1. The van der Waals surface area contributed by atoms with Crippen LogP contribution in [-0.2, 0) is 6.54 Å². The van der Waals surface area contributed by atoms with Crippen LogP contribution in [-0.4, -0.2) is 4.98 Å². The van der Waals surface area contributed by atoms with Crippen LogP contribution >= 0.6 is 15.9 Å². The zero-order valence-electron chi connectivity index (χ0n) is 8.56. The number of aromatic nitrogens is 1. The Morgan fingerprint density at radius 1 is 1.12 bits per heavy atom. The quantitative estimate of drug-likeness (QED) is 0.939. The average molecular weight is 279 g/mol. The number of benzene rings is 1. The number of pyridine rings is 1. The molecule has 1 aromatic carbocycles. The smallest absolute Gasteiger partial charge is 0.150 e. The Balaban J connectivity index is 2.30. The third kappa shape index (κ3) is 2.40. The Hall–Kier alpha value is -1.39. The number of ether oxygens (including phenoxy) is 1. The molecule has 1 aromatic heterocycles. The third-order valence-corrected chi connectivity index (χ3v) is 2.75. The van der Waals surface area contributed by atoms with Crippen LogP contribution in [0, 0.1) is 0 Å². The molecule has 0 aliphatic rings. The summed E-state index contributed by atoms with van der Waals surface area (Å²) >= 11 is 3.42. The van der Waals surface area contributed by atoms with Crippen molar-refractivity contribution in [2.24, 2.45) is 5.73 Å². The molecule has 0 unspecified atom stereocenters. The molecule has 2 rings (SSSR count). The van der Waals surface area contributed by atoms with Crippen LogP contribution in [0.25, 0.3) is 0 Å². The summed E-state index contributed by atoms with van der Waals surface area (Å²) in [6.45, 7) is 0.362. The predicted octanol–water partition coefficient (Wildman–Crippen LogP) is 3.10. The lowest BCUT2D eigenvalue weighted by molar-refractivity contribution is 0.470. The molecule has 0 saturated carbocycles. The second-order valence-electron chi connectivity index (χ2n) is 3.18. The number of hydrogen-bond acceptors (Lipinski definition) is 3. The molecule has 0 fully saturated rings. The molecule has 4 heteroatoms. The highest BCUT2D eigenvalue weighted by atomic mass is 79.9. The summed E-state index contributed by atoms with van der Waals surface area (Å²) in [4.78, 5) is 4.16. The van der Waals surface area contributed by atoms with E-state index in [9.17, 15) is 0 Å². The van der Waals surface area contributed by atoms with Crippen molar-refractivity contribution in [3.05, 3.63) is 52.8 Å². The molecule has 0 aliphatic heterocycles. The molecule has 1 heterocycles. The van der Waals surface area contributed by atoms with E-state index in [1.165, 1.54) is 0 Å². The Morgan fingerprint density at radius 3 is 2.62 bits per heavy atom. The summed E-state index contributed by atoms with van der Waals surface area (Å²) in [7, 11) is 0. The van der Waals surface area contributed by atoms with Gasteiger partial charge in [-0.15, -0.1) is 0 Å². The minimum Gasteiger partial charge on any atom is -0.454 e. The van der Waals surface area contributed by atoms with Gasteiger partial charge in [-0.25, -0.2) is 0 Å². The highest BCUT2D eigenvalue weighted by molar-refractivity contribution is 9.10. The van der Waals surface area contributed by atoms with E-state index < -0.39 is 0 Å². The van der Waals surface area contributed by atoms with E-state index in [0.29, 0.717) is 12.3 Å². The average Bonchev–Trinajstić information content (AvgIpc) is 2.33. The highest BCUT2D eigenvalue weighted by Gasteiger charge is 2.05. The number of hydrogen-bond donors (Lipinski definition) is 1. The zero-order chi connectivity index (χ0) is 11.4. The number of para-hydroxylation sites is 1. The van der Waals surface area contributed by atoms with Gasteiger partial charge in [0.25, 0.3) is 0 Å². The molecule has 0 radical (unpaired) electrons. The van der Waals surface area contributed by atoms with Gasteiger partial charge in [-0.05, 0) is 40.2 Å². The van der Waals surface area contributed by atoms with Crippen LogP contribution in [0.3, 0.4) is 0 Å². The van der Waals surface area contributed by atoms with Crippen LogP contribution in [0.15, 0.2) is 47.1 Å². The van der Waals surface area contributed by atoms with Crippen molar-refractivity contribution in [1.29, 1.82) is 0 Å². The van der Waals surface area contributed by atoms with Crippen molar-refractivity contribution in [3.63, 3.8) is 0 Å². The Morgan fingerprint density at radius 2 is 1.88 bits per heavy atom. The summed E-state index contributed by atoms with van der Waals surface area (Å²) < 4.78 is 6.65. The van der Waals surface area contributed by atoms with Gasteiger partial charge in [-0.3, -0.25) is 4.98 Å². The number of rotatable bonds is 3. The summed E-state index contributed by atoms with van der Waals surface area (Å²) in [5.74, 6) is 1.45. The van der Waals surface area contributed by atoms with E-state index in [0.717, 1.165) is 15.9 Å². The van der Waals surface area contributed by atoms with Gasteiger partial charge in [0.15, 0.2) is 0 Å². The fraction of sp³-hybridized carbons (Fsp3) is 0.0833. The number of halogens is 1. The van der Waals surface area contributed by atoms with Crippen molar-refractivity contribution in [1.82, 2.24) is 4.98 Å². The van der Waals surface area contributed by atoms with Crippen LogP contribution in [0.4, 0.5) is 0 Å². The van der Waals surface area contributed by atoms with E-state index in [1.54, 1.807) is 6.20 Å². The lowest BCUT2D eigenvalue weighted by Crippen LogP contribution is -2.01. The molecule has 16 heavy (non-hydrogen) atoms. The third-order valence-electron chi connectivity index (χ3n) is 2.10. The summed E-state index contributed by atoms with van der Waals surface area (Å²) in [6.07, 6.45) is 1.70. The zero-order valence-corrected chi connectivity index (χ0v) is 10.1. The second-order valence-corrected chi connectivity index (χ2v) is 4.04. The second kappa shape index (κ2) is 5.09. The fourth-order valence-electron chi connectivity index (χ4n) is 1.32. The largest absolute Gasteiger partial charge is 0.454 e. The Labute approximate surface area is 102 Å². The molecular formula is C12H11BrN2O. The predicted molar refractivity (Wildman–Crippen MR) is 66.3 cm³/mol. The number of nitrogens with zero attached hydrogens (tertiary/aromatic N) is 1. The summed E-state index contributed by atoms with van der Waals surface area (Å²) in [5.41, 5.74) is 6.34. The molecule has 0 amide bonds. The Kier molecular flexibility index (Phi) is 3.54. The van der Waals surface area contributed by atoms with Gasteiger partial charge in [-0.2, -0.15) is 0 Å². The van der Waals surface area contributed by atoms with Gasteiger partial charge < -0.3 is 10.5 Å². The minimum atomic E-state index is 0.362. The normalized spacial score (nSPS) is 10.1. The van der Waals surface area contributed by atoms with E-state index in [2.05, 4.69) is 20.9 Å². The van der Waals surface area contributed by atoms with Gasteiger partial charge in [0.1, 0.15) is 11.5 Å². The first-order valence-electron chi connectivity index (χ1n) is 4.87. The van der Waals surface area contributed by atoms with Crippen LogP contribution in [0.1, 0.15) is 5.69 Å². The van der Waals surface area contributed by atoms with E-state index >= 15 is 0 Å². The molecule has 0 bridgehead atoms. The molecule has 0 aliphatic carbocycles. The maximum absolute atomic E-state index is 5.74. The van der Waals surface area contributed by atoms with Crippen molar-refractivity contribution < 1.29 is 4.74 Å². The topological polar surface area (TPSA) is 48.1 Å². The lowest BCUT2D eigenvalue weighted by Gasteiger charge is -2.09. The van der Waals surface area contributed by atoms with Crippen molar-refractivity contribution in [2.75, 3.05) is 0 Å². The van der Waals surface area contributed by atoms with Gasteiger partial charge in [0, 0.05) is 12.7 Å². The lowest BCUT2D eigenvalue weighted by atomic mass is 10.3. The molecule has 0 saturated heterocycles. The van der Waals surface area contributed by atoms with Gasteiger partial charge in [0.05, 0.1) is 10.2 Å². The van der Waals surface area contributed by atoms with E-state index in [-0.39, 0.29) is 0 Å². The monoisotopic (exact) mass is 278 g/mol. The minimum absolute atomic E-state index is 0.362. The van der Waals surface area contributed by atoms with Crippen molar-refractivity contribution in [3.8, 4) is 11.5 Å². The maximum Gasteiger partial charge on any atom is 0.150 e. The fourth-order valence-corrected chi connectivity index (χ4v) is 1.68. The first kappa shape index (κ1) is 11.1. The van der Waals surface area contributed by atoms with Gasteiger partial charge in [-0.1, -0.05) is 12.1 Å². The first-order chi connectivity index (χ1) is 7.81. The first-order valence-corrected chi connectivity index (χ1v) is 5.67. The molecule has 2 aromatic rings. The molecule has 0 spiro atoms. The molecule has 82 valence electrons. The Bertz CT molecular complexity index is 488. The maximum atomic E-state index is 5.74. The van der Waals surface area contributed by atoms with Crippen LogP contribution < -0.4 is 10.5 Å². The van der Waals surface area contributed by atoms with Crippen molar-refractivity contribution >= 4 is 15.9 Å². The summed E-state index contributed by atoms with van der Waals surface area (Å²) in [5, 5.41) is 0. The van der Waals surface area contributed by atoms with Crippen LogP contribution in [0.5, 0.6) is 11.5 Å². The van der Waals surface area contributed by atoms with Gasteiger partial charge in [0.2, 0.25) is 0 Å². The SMILES string of the molecule is NCc1ncccc1Oc1ccccc1Br. The standard InChI is InChI=1S/C12H11BrN2O/c13-9-4-1-2-5-11(9)16-12-6-3-7-15-10(12)8-14/h1-7H,8,14H2. The van der Waals surface area contributed by atoms with Crippen molar-refractivity contribution in [2.45, 2.75) is 6.54 Å². The van der Waals surface area contributed by atoms with Crippen LogP contribution in [0.2, 0.25) is 0 Å². The molecule has 3 nitrogen and oxygen atoms in total. The van der Waals surface area contributed by atoms with E-state index in [1.807, 2.05) is 36.4 Å². The molecule has 0 atom stereocenters. The van der Waals surface area contributed by atoms with E-state index in [4.69, 9.17) is 10.5 Å².